The fourth-order valence-corrected chi connectivity index (χ4v) is 2.45. The van der Waals surface area contributed by atoms with Crippen molar-refractivity contribution < 1.29 is 18.0 Å². The molecule has 2 rings (SSSR count). The van der Waals surface area contributed by atoms with Crippen molar-refractivity contribution in [1.29, 1.82) is 0 Å². The fourth-order valence-electron chi connectivity index (χ4n) is 2.45. The van der Waals surface area contributed by atoms with E-state index in [-0.39, 0.29) is 12.4 Å². The van der Waals surface area contributed by atoms with Gasteiger partial charge in [-0.25, -0.2) is 9.78 Å². The molecule has 1 fully saturated rings. The second-order valence-electron chi connectivity index (χ2n) is 5.56. The van der Waals surface area contributed by atoms with Gasteiger partial charge in [-0.2, -0.15) is 13.2 Å². The fraction of sp³-hybridized carbons (Fsp3) is 0.571. The van der Waals surface area contributed by atoms with Gasteiger partial charge >= 0.3 is 12.2 Å². The van der Waals surface area contributed by atoms with Crippen LogP contribution in [0.2, 0.25) is 0 Å². The Kier molecular flexibility index (Phi) is 4.77. The molecule has 0 radical (unpaired) electrons. The molecule has 0 spiro atoms. The van der Waals surface area contributed by atoms with Crippen molar-refractivity contribution in [2.45, 2.75) is 32.5 Å². The summed E-state index contributed by atoms with van der Waals surface area (Å²) in [6, 6.07) is 1.55. The monoisotopic (exact) mass is 316 g/mol. The number of carbonyl (C=O) groups is 1. The number of pyridine rings is 1. The Labute approximate surface area is 126 Å². The number of rotatable bonds is 3. The highest BCUT2D eigenvalue weighted by Crippen LogP contribution is 2.32. The Morgan fingerprint density at radius 1 is 1.41 bits per heavy atom. The van der Waals surface area contributed by atoms with E-state index in [1.54, 1.807) is 0 Å². The summed E-state index contributed by atoms with van der Waals surface area (Å²) in [4.78, 5) is 16.4. The molecule has 0 bridgehead atoms. The normalized spacial score (nSPS) is 16.6. The number of aromatic nitrogens is 1. The first-order valence-electron chi connectivity index (χ1n) is 7.12. The van der Waals surface area contributed by atoms with E-state index < -0.39 is 17.9 Å². The third-order valence-corrected chi connectivity index (χ3v) is 3.78. The number of hydrogen-bond acceptors (Lipinski definition) is 3. The van der Waals surface area contributed by atoms with Crippen molar-refractivity contribution in [3.05, 3.63) is 23.4 Å². The topological polar surface area (TPSA) is 71.2 Å². The highest BCUT2D eigenvalue weighted by molar-refractivity contribution is 5.71. The van der Waals surface area contributed by atoms with E-state index in [1.807, 2.05) is 4.90 Å². The van der Waals surface area contributed by atoms with Gasteiger partial charge in [0.15, 0.2) is 0 Å². The lowest BCUT2D eigenvalue weighted by Gasteiger charge is -2.32. The Morgan fingerprint density at radius 3 is 2.59 bits per heavy atom. The number of nitrogens with two attached hydrogens (primary N) is 1. The first-order valence-corrected chi connectivity index (χ1v) is 7.12. The SMILES string of the molecule is CC1CCN(c2nc(C(F)(F)F)ccc2CNC(N)=O)CC1. The molecule has 1 aliphatic rings. The number of halogens is 3. The van der Waals surface area contributed by atoms with Crippen molar-refractivity contribution >= 4 is 11.8 Å². The number of nitrogens with one attached hydrogen (secondary N) is 1. The molecule has 1 aliphatic heterocycles. The second kappa shape index (κ2) is 6.41. The molecule has 1 aromatic heterocycles. The van der Waals surface area contributed by atoms with Crippen LogP contribution < -0.4 is 16.0 Å². The minimum Gasteiger partial charge on any atom is -0.356 e. The Bertz CT molecular complexity index is 539. The number of anilines is 1. The molecule has 5 nitrogen and oxygen atoms in total. The number of urea groups is 1. The molecule has 122 valence electrons. The predicted octanol–water partition coefficient (Wildman–Crippen LogP) is 2.51. The maximum absolute atomic E-state index is 12.9. The van der Waals surface area contributed by atoms with Gasteiger partial charge in [0.25, 0.3) is 0 Å². The zero-order chi connectivity index (χ0) is 16.3. The summed E-state index contributed by atoms with van der Waals surface area (Å²) in [5, 5.41) is 2.40. The van der Waals surface area contributed by atoms with Crippen LogP contribution in [0.25, 0.3) is 0 Å². The van der Waals surface area contributed by atoms with Crippen molar-refractivity contribution in [2.24, 2.45) is 11.7 Å². The summed E-state index contributed by atoms with van der Waals surface area (Å²) in [6.45, 7) is 3.48. The lowest BCUT2D eigenvalue weighted by atomic mass is 9.99. The summed E-state index contributed by atoms with van der Waals surface area (Å²) < 4.78 is 38.6. The quantitative estimate of drug-likeness (QED) is 0.900. The minimum atomic E-state index is -4.49. The maximum atomic E-state index is 12.9. The molecule has 2 heterocycles. The van der Waals surface area contributed by atoms with Gasteiger partial charge in [-0.3, -0.25) is 0 Å². The van der Waals surface area contributed by atoms with E-state index in [0.29, 0.717) is 24.6 Å². The molecule has 0 unspecified atom stereocenters. The van der Waals surface area contributed by atoms with Gasteiger partial charge in [0.1, 0.15) is 11.5 Å². The van der Waals surface area contributed by atoms with Gasteiger partial charge in [-0.15, -0.1) is 0 Å². The molecule has 1 aromatic rings. The van der Waals surface area contributed by atoms with Gasteiger partial charge in [0, 0.05) is 25.2 Å². The number of hydrogen-bond donors (Lipinski definition) is 2. The molecule has 0 atom stereocenters. The molecular formula is C14H19F3N4O. The van der Waals surface area contributed by atoms with Gasteiger partial charge in [-0.1, -0.05) is 13.0 Å². The van der Waals surface area contributed by atoms with Crippen LogP contribution in [0.5, 0.6) is 0 Å². The number of carbonyl (C=O) groups excluding carboxylic acids is 1. The molecular weight excluding hydrogens is 297 g/mol. The number of alkyl halides is 3. The molecule has 0 aliphatic carbocycles. The van der Waals surface area contributed by atoms with Crippen LogP contribution in [-0.2, 0) is 12.7 Å². The average molecular weight is 316 g/mol. The molecule has 3 N–H and O–H groups in total. The van der Waals surface area contributed by atoms with Gasteiger partial charge < -0.3 is 16.0 Å². The number of piperidine rings is 1. The van der Waals surface area contributed by atoms with E-state index >= 15 is 0 Å². The molecule has 0 aromatic carbocycles. The standard InChI is InChI=1S/C14H19F3N4O/c1-9-4-6-21(7-5-9)12-10(8-19-13(18)22)2-3-11(20-12)14(15,16)17/h2-3,9H,4-8H2,1H3,(H3,18,19,22). The first-order chi connectivity index (χ1) is 10.3. The van der Waals surface area contributed by atoms with Gasteiger partial charge in [0.05, 0.1) is 0 Å². The first kappa shape index (κ1) is 16.4. The highest BCUT2D eigenvalue weighted by Gasteiger charge is 2.34. The van der Waals surface area contributed by atoms with Crippen LogP contribution in [-0.4, -0.2) is 24.1 Å². The lowest BCUT2D eigenvalue weighted by molar-refractivity contribution is -0.141. The largest absolute Gasteiger partial charge is 0.433 e. The lowest BCUT2D eigenvalue weighted by Crippen LogP contribution is -2.36. The number of primary amides is 1. The van der Waals surface area contributed by atoms with Crippen LogP contribution in [0.3, 0.4) is 0 Å². The number of nitrogens with zero attached hydrogens (tertiary/aromatic N) is 2. The zero-order valence-electron chi connectivity index (χ0n) is 12.3. The zero-order valence-corrected chi connectivity index (χ0v) is 12.3. The molecule has 8 heteroatoms. The van der Waals surface area contributed by atoms with E-state index in [0.717, 1.165) is 18.9 Å². The van der Waals surface area contributed by atoms with E-state index in [4.69, 9.17) is 5.73 Å². The van der Waals surface area contributed by atoms with Crippen molar-refractivity contribution in [2.75, 3.05) is 18.0 Å². The summed E-state index contributed by atoms with van der Waals surface area (Å²) in [6.07, 6.45) is -2.69. The Hall–Kier alpha value is -1.99. The van der Waals surface area contributed by atoms with Crippen LogP contribution in [0.4, 0.5) is 23.8 Å². The third-order valence-electron chi connectivity index (χ3n) is 3.78. The van der Waals surface area contributed by atoms with Crippen LogP contribution >= 0.6 is 0 Å². The summed E-state index contributed by atoms with van der Waals surface area (Å²) in [5.41, 5.74) is 4.62. The molecule has 1 saturated heterocycles. The van der Waals surface area contributed by atoms with E-state index in [2.05, 4.69) is 17.2 Å². The Morgan fingerprint density at radius 2 is 2.05 bits per heavy atom. The van der Waals surface area contributed by atoms with Crippen molar-refractivity contribution in [3.63, 3.8) is 0 Å². The smallest absolute Gasteiger partial charge is 0.356 e. The van der Waals surface area contributed by atoms with Crippen molar-refractivity contribution in [3.8, 4) is 0 Å². The number of amides is 2. The van der Waals surface area contributed by atoms with Crippen LogP contribution in [0.1, 0.15) is 31.0 Å². The molecule has 2 amide bonds. The summed E-state index contributed by atoms with van der Waals surface area (Å²) in [5.74, 6) is 0.824. The minimum absolute atomic E-state index is 0.0574. The Balaban J connectivity index is 2.30. The molecule has 0 saturated carbocycles. The highest BCUT2D eigenvalue weighted by atomic mass is 19.4. The van der Waals surface area contributed by atoms with Crippen molar-refractivity contribution in [1.82, 2.24) is 10.3 Å². The van der Waals surface area contributed by atoms with Crippen LogP contribution in [0.15, 0.2) is 12.1 Å². The van der Waals surface area contributed by atoms with E-state index in [9.17, 15) is 18.0 Å². The van der Waals surface area contributed by atoms with Crippen LogP contribution in [0, 0.1) is 5.92 Å². The third kappa shape index (κ3) is 4.02. The van der Waals surface area contributed by atoms with E-state index in [1.165, 1.54) is 6.07 Å². The molecule has 22 heavy (non-hydrogen) atoms. The maximum Gasteiger partial charge on any atom is 0.433 e. The predicted molar refractivity (Wildman–Crippen MR) is 76.3 cm³/mol. The average Bonchev–Trinajstić information content (AvgIpc) is 2.45. The second-order valence-corrected chi connectivity index (χ2v) is 5.56. The summed E-state index contributed by atoms with van der Waals surface area (Å²) in [7, 11) is 0. The van der Waals surface area contributed by atoms with Gasteiger partial charge in [0.2, 0.25) is 0 Å². The summed E-state index contributed by atoms with van der Waals surface area (Å²) >= 11 is 0. The van der Waals surface area contributed by atoms with Gasteiger partial charge in [-0.05, 0) is 24.8 Å².